The molecule has 0 heterocycles. The standard InChI is InChI=1S/C80H144NO8P/c1-6-8-10-12-14-16-18-20-22-24-26-28-30-32-34-36-37-38-39-40-41-42-43-45-46-48-50-52-54-56-58-60-62-64-66-68-70-72-79(82)86-76-78(77-88-90(84,85)87-75-74-81(3,4)5)89-80(83)73-71-69-67-65-63-61-59-57-55-53-51-49-47-44-35-33-31-29-27-25-23-21-19-17-15-13-11-9-7-2/h9,11,15,17,21,23-24,26-27,29,33,35,47,49,53,55,78H,6-8,10,12-14,16,18-20,22,25,28,30-32,34,36-46,48,50-52,54,56-77H2,1-5H3/b11-9-,17-15-,23-21-,26-24-,29-27-,35-33-,49-47-,55-53-. The molecule has 0 bridgehead atoms. The molecule has 522 valence electrons. The first kappa shape index (κ1) is 86.9. The van der Waals surface area contributed by atoms with Crippen molar-refractivity contribution >= 4 is 19.8 Å². The molecule has 2 atom stereocenters. The normalized spacial score (nSPS) is 13.6. The van der Waals surface area contributed by atoms with E-state index in [2.05, 4.69) is 111 Å². The molecule has 10 heteroatoms. The lowest BCUT2D eigenvalue weighted by molar-refractivity contribution is -0.870. The van der Waals surface area contributed by atoms with Crippen LogP contribution in [0.4, 0.5) is 0 Å². The van der Waals surface area contributed by atoms with Gasteiger partial charge in [-0.25, -0.2) is 0 Å². The van der Waals surface area contributed by atoms with E-state index in [1.807, 2.05) is 21.1 Å². The van der Waals surface area contributed by atoms with Crippen LogP contribution in [0.1, 0.15) is 348 Å². The molecule has 0 aliphatic carbocycles. The molecular formula is C80H144NO8P. The number of allylic oxidation sites excluding steroid dienone is 16. The largest absolute Gasteiger partial charge is 0.756 e. The molecule has 0 rings (SSSR count). The summed E-state index contributed by atoms with van der Waals surface area (Å²) < 4.78 is 34.3. The van der Waals surface area contributed by atoms with Crippen molar-refractivity contribution in [2.75, 3.05) is 47.5 Å². The Morgan fingerprint density at radius 3 is 0.956 bits per heavy atom. The van der Waals surface area contributed by atoms with Gasteiger partial charge in [-0.05, 0) is 96.3 Å². The smallest absolute Gasteiger partial charge is 0.306 e. The van der Waals surface area contributed by atoms with Gasteiger partial charge in [-0.3, -0.25) is 14.2 Å². The lowest BCUT2D eigenvalue weighted by Gasteiger charge is -2.28. The number of hydrogen-bond acceptors (Lipinski definition) is 8. The van der Waals surface area contributed by atoms with Gasteiger partial charge in [0.25, 0.3) is 7.82 Å². The first-order valence-corrected chi connectivity index (χ1v) is 39.4. The maximum atomic E-state index is 12.9. The fourth-order valence-corrected chi connectivity index (χ4v) is 11.5. The van der Waals surface area contributed by atoms with Gasteiger partial charge in [-0.2, -0.15) is 0 Å². The van der Waals surface area contributed by atoms with Crippen molar-refractivity contribution in [1.29, 1.82) is 0 Å². The van der Waals surface area contributed by atoms with Crippen LogP contribution in [0.15, 0.2) is 97.2 Å². The highest BCUT2D eigenvalue weighted by atomic mass is 31.2. The molecule has 0 aromatic rings. The summed E-state index contributed by atoms with van der Waals surface area (Å²) in [4.78, 5) is 38.1. The molecule has 0 aromatic carbocycles. The minimum atomic E-state index is -4.65. The quantitative estimate of drug-likeness (QED) is 0.0195. The minimum Gasteiger partial charge on any atom is -0.756 e. The summed E-state index contributed by atoms with van der Waals surface area (Å²) in [6, 6.07) is 0. The van der Waals surface area contributed by atoms with Crippen molar-refractivity contribution < 1.29 is 42.1 Å². The monoisotopic (exact) mass is 1280 g/mol. The topological polar surface area (TPSA) is 111 Å². The molecule has 0 spiro atoms. The summed E-state index contributed by atoms with van der Waals surface area (Å²) in [6.07, 6.45) is 98.0. The zero-order valence-corrected chi connectivity index (χ0v) is 60.5. The third-order valence-corrected chi connectivity index (χ3v) is 17.6. The molecule has 0 aliphatic heterocycles. The average molecular weight is 1280 g/mol. The van der Waals surface area contributed by atoms with Crippen molar-refractivity contribution in [3.63, 3.8) is 0 Å². The predicted molar refractivity (Wildman–Crippen MR) is 388 cm³/mol. The van der Waals surface area contributed by atoms with Gasteiger partial charge in [-0.1, -0.05) is 336 Å². The Kier molecular flexibility index (Phi) is 67.9. The highest BCUT2D eigenvalue weighted by Gasteiger charge is 2.22. The van der Waals surface area contributed by atoms with Gasteiger partial charge >= 0.3 is 11.9 Å². The number of carbonyl (C=O) groups excluding carboxylic acids is 2. The van der Waals surface area contributed by atoms with Gasteiger partial charge in [-0.15, -0.1) is 0 Å². The van der Waals surface area contributed by atoms with Gasteiger partial charge < -0.3 is 27.9 Å². The first-order chi connectivity index (χ1) is 44.0. The Balaban J connectivity index is 3.99. The number of quaternary nitrogens is 1. The van der Waals surface area contributed by atoms with Gasteiger partial charge in [0.15, 0.2) is 6.10 Å². The van der Waals surface area contributed by atoms with Crippen molar-refractivity contribution in [2.45, 2.75) is 354 Å². The zero-order chi connectivity index (χ0) is 65.5. The van der Waals surface area contributed by atoms with Gasteiger partial charge in [0.1, 0.15) is 19.8 Å². The number of rotatable bonds is 70. The summed E-state index contributed by atoms with van der Waals surface area (Å²) in [7, 11) is 1.16. The third-order valence-electron chi connectivity index (χ3n) is 16.6. The molecule has 0 saturated heterocycles. The summed E-state index contributed by atoms with van der Waals surface area (Å²) in [5, 5.41) is 0. The van der Waals surface area contributed by atoms with Crippen molar-refractivity contribution in [3.8, 4) is 0 Å². The molecule has 0 aliphatic rings. The number of hydrogen-bond donors (Lipinski definition) is 0. The lowest BCUT2D eigenvalue weighted by atomic mass is 10.0. The van der Waals surface area contributed by atoms with Crippen molar-refractivity contribution in [1.82, 2.24) is 0 Å². The van der Waals surface area contributed by atoms with E-state index in [9.17, 15) is 19.0 Å². The lowest BCUT2D eigenvalue weighted by Crippen LogP contribution is -2.37. The van der Waals surface area contributed by atoms with E-state index in [4.69, 9.17) is 18.5 Å². The third kappa shape index (κ3) is 74.0. The molecule has 9 nitrogen and oxygen atoms in total. The highest BCUT2D eigenvalue weighted by Crippen LogP contribution is 2.38. The summed E-state index contributed by atoms with van der Waals surface area (Å²) in [5.74, 6) is -0.837. The zero-order valence-electron chi connectivity index (χ0n) is 59.6. The van der Waals surface area contributed by atoms with Crippen LogP contribution in [0.3, 0.4) is 0 Å². The molecule has 0 radical (unpaired) electrons. The molecule has 0 fully saturated rings. The van der Waals surface area contributed by atoms with Crippen LogP contribution < -0.4 is 4.89 Å². The number of carbonyl (C=O) groups is 2. The van der Waals surface area contributed by atoms with Gasteiger partial charge in [0.05, 0.1) is 27.7 Å². The fraction of sp³-hybridized carbons (Fsp3) is 0.775. The summed E-state index contributed by atoms with van der Waals surface area (Å²) >= 11 is 0. The van der Waals surface area contributed by atoms with Crippen LogP contribution >= 0.6 is 7.82 Å². The molecule has 0 aromatic heterocycles. The second-order valence-corrected chi connectivity index (χ2v) is 28.0. The van der Waals surface area contributed by atoms with Crippen molar-refractivity contribution in [2.24, 2.45) is 0 Å². The van der Waals surface area contributed by atoms with Crippen LogP contribution in [-0.4, -0.2) is 70.0 Å². The highest BCUT2D eigenvalue weighted by molar-refractivity contribution is 7.45. The van der Waals surface area contributed by atoms with E-state index in [1.165, 1.54) is 225 Å². The second-order valence-electron chi connectivity index (χ2n) is 26.6. The van der Waals surface area contributed by atoms with E-state index < -0.39 is 26.5 Å². The van der Waals surface area contributed by atoms with Gasteiger partial charge in [0, 0.05) is 12.8 Å². The molecule has 90 heavy (non-hydrogen) atoms. The van der Waals surface area contributed by atoms with Crippen LogP contribution in [0.5, 0.6) is 0 Å². The van der Waals surface area contributed by atoms with E-state index in [-0.39, 0.29) is 32.0 Å². The Bertz CT molecular complexity index is 1840. The number of phosphoric ester groups is 1. The van der Waals surface area contributed by atoms with Crippen molar-refractivity contribution in [3.05, 3.63) is 97.2 Å². The number of unbranched alkanes of at least 4 members (excludes halogenated alkanes) is 40. The first-order valence-electron chi connectivity index (χ1n) is 37.9. The van der Waals surface area contributed by atoms with Crippen LogP contribution in [0.2, 0.25) is 0 Å². The Labute approximate surface area is 557 Å². The summed E-state index contributed by atoms with van der Waals surface area (Å²) in [5.41, 5.74) is 0. The SMILES string of the molecule is CC/C=C\C/C=C\C/C=C\C/C=C\C/C=C\C/C=C\C/C=C\CCCCCCCCCC(=O)OC(COC(=O)CCCCCCCCCCCCCCCCCCCCCCCCCCC/C=C\CCCCCCCCCC)COP(=O)([O-])OCC[N+](C)(C)C. The number of phosphoric acid groups is 1. The molecular weight excluding hydrogens is 1130 g/mol. The predicted octanol–water partition coefficient (Wildman–Crippen LogP) is 24.4. The Morgan fingerprint density at radius 2 is 0.633 bits per heavy atom. The molecule has 2 unspecified atom stereocenters. The maximum Gasteiger partial charge on any atom is 0.306 e. The van der Waals surface area contributed by atoms with Crippen LogP contribution in [0.25, 0.3) is 0 Å². The second kappa shape index (κ2) is 70.3. The Hall–Kier alpha value is -3.07. The number of esters is 2. The number of ether oxygens (including phenoxy) is 2. The van der Waals surface area contributed by atoms with Crippen LogP contribution in [-0.2, 0) is 32.7 Å². The average Bonchev–Trinajstić information content (AvgIpc) is 3.58. The van der Waals surface area contributed by atoms with Crippen LogP contribution in [0, 0.1) is 0 Å². The van der Waals surface area contributed by atoms with E-state index in [0.717, 1.165) is 89.9 Å². The van der Waals surface area contributed by atoms with E-state index in [0.29, 0.717) is 17.4 Å². The Morgan fingerprint density at radius 1 is 0.356 bits per heavy atom. The number of nitrogens with zero attached hydrogens (tertiary/aromatic N) is 1. The van der Waals surface area contributed by atoms with E-state index in [1.54, 1.807) is 0 Å². The van der Waals surface area contributed by atoms with Gasteiger partial charge in [0.2, 0.25) is 0 Å². The maximum absolute atomic E-state index is 12.9. The molecule has 0 amide bonds. The summed E-state index contributed by atoms with van der Waals surface area (Å²) in [6.45, 7) is 4.15. The number of likely N-dealkylation sites (N-methyl/N-ethyl adjacent to an activating group) is 1. The fourth-order valence-electron chi connectivity index (χ4n) is 10.8. The minimum absolute atomic E-state index is 0.0362. The molecule has 0 N–H and O–H groups in total. The van der Waals surface area contributed by atoms with E-state index >= 15 is 0 Å². The molecule has 0 saturated carbocycles.